The molecule has 0 aliphatic heterocycles. The van der Waals surface area contributed by atoms with Gasteiger partial charge in [0.1, 0.15) is 23.6 Å². The number of aromatic nitrogens is 1. The summed E-state index contributed by atoms with van der Waals surface area (Å²) in [4.78, 5) is 28.8. The molecule has 1 aromatic heterocycles. The van der Waals surface area contributed by atoms with Crippen LogP contribution in [0, 0.1) is 5.82 Å². The van der Waals surface area contributed by atoms with Crippen molar-refractivity contribution >= 4 is 33.4 Å². The first-order chi connectivity index (χ1) is 13.0. The van der Waals surface area contributed by atoms with Crippen LogP contribution >= 0.6 is 11.3 Å². The van der Waals surface area contributed by atoms with E-state index in [-0.39, 0.29) is 23.5 Å². The van der Waals surface area contributed by atoms with E-state index in [1.165, 1.54) is 36.6 Å². The van der Waals surface area contributed by atoms with E-state index in [9.17, 15) is 14.0 Å². The van der Waals surface area contributed by atoms with Gasteiger partial charge in [-0.3, -0.25) is 9.59 Å². The molecule has 0 unspecified atom stereocenters. The Balaban J connectivity index is 2.18. The second kappa shape index (κ2) is 8.13. The van der Waals surface area contributed by atoms with Crippen LogP contribution in [-0.4, -0.2) is 30.2 Å². The van der Waals surface area contributed by atoms with E-state index in [2.05, 4.69) is 4.99 Å². The lowest BCUT2D eigenvalue weighted by molar-refractivity contribution is -0.143. The Morgan fingerprint density at radius 2 is 1.96 bits per heavy atom. The zero-order chi connectivity index (χ0) is 19.4. The van der Waals surface area contributed by atoms with Crippen LogP contribution < -0.4 is 9.54 Å². The quantitative estimate of drug-likeness (QED) is 0.630. The maximum Gasteiger partial charge on any atom is 0.326 e. The number of para-hydroxylation sites is 1. The zero-order valence-corrected chi connectivity index (χ0v) is 15.6. The topological polar surface area (TPSA) is 69.9 Å². The highest BCUT2D eigenvalue weighted by Crippen LogP contribution is 2.27. The predicted octanol–water partition coefficient (Wildman–Crippen LogP) is 3.15. The van der Waals surface area contributed by atoms with Crippen molar-refractivity contribution < 1.29 is 23.5 Å². The number of halogens is 1. The third-order valence-corrected chi connectivity index (χ3v) is 4.82. The fraction of sp³-hybridized carbons (Fsp3) is 0.211. The smallest absolute Gasteiger partial charge is 0.326 e. The number of carbonyl (C=O) groups excluding carboxylic acids is 2. The fourth-order valence-corrected chi connectivity index (χ4v) is 3.66. The molecule has 27 heavy (non-hydrogen) atoms. The van der Waals surface area contributed by atoms with E-state index in [1.54, 1.807) is 29.7 Å². The molecule has 0 bridgehead atoms. The summed E-state index contributed by atoms with van der Waals surface area (Å²) in [6, 6.07) is 11.0. The average molecular weight is 388 g/mol. The first kappa shape index (κ1) is 18.8. The zero-order valence-electron chi connectivity index (χ0n) is 14.8. The van der Waals surface area contributed by atoms with Gasteiger partial charge in [-0.2, -0.15) is 4.99 Å². The normalized spacial score (nSPS) is 11.6. The molecule has 8 heteroatoms. The van der Waals surface area contributed by atoms with E-state index in [1.807, 2.05) is 6.07 Å². The van der Waals surface area contributed by atoms with Gasteiger partial charge in [0.2, 0.25) is 0 Å². The van der Waals surface area contributed by atoms with Gasteiger partial charge >= 0.3 is 5.97 Å². The Bertz CT molecular complexity index is 1070. The highest BCUT2D eigenvalue weighted by Gasteiger charge is 2.17. The lowest BCUT2D eigenvalue weighted by Crippen LogP contribution is -2.23. The molecule has 0 radical (unpaired) electrons. The summed E-state index contributed by atoms with van der Waals surface area (Å²) in [7, 11) is 1.52. The summed E-state index contributed by atoms with van der Waals surface area (Å²) in [6.07, 6.45) is 0. The summed E-state index contributed by atoms with van der Waals surface area (Å²) >= 11 is 1.21. The van der Waals surface area contributed by atoms with E-state index >= 15 is 0 Å². The van der Waals surface area contributed by atoms with Crippen LogP contribution in [0.3, 0.4) is 0 Å². The maximum absolute atomic E-state index is 13.9. The van der Waals surface area contributed by atoms with Crippen molar-refractivity contribution in [3.63, 3.8) is 0 Å². The standard InChI is InChI=1S/C19H17FN2O4S/c1-3-26-16(23)11-22-17-14(25-2)9-6-10-15(17)27-19(22)21-18(24)12-7-4-5-8-13(12)20/h4-10H,3,11H2,1-2H3. The molecule has 2 aromatic carbocycles. The largest absolute Gasteiger partial charge is 0.495 e. The summed E-state index contributed by atoms with van der Waals surface area (Å²) in [5.41, 5.74) is 0.489. The Morgan fingerprint density at radius 1 is 1.19 bits per heavy atom. The van der Waals surface area contributed by atoms with Crippen LogP contribution in [-0.2, 0) is 16.1 Å². The van der Waals surface area contributed by atoms with Crippen molar-refractivity contribution in [1.29, 1.82) is 0 Å². The molecule has 3 rings (SSSR count). The molecule has 6 nitrogen and oxygen atoms in total. The summed E-state index contributed by atoms with van der Waals surface area (Å²) < 4.78 is 26.6. The second-order valence-corrected chi connectivity index (χ2v) is 6.49. The minimum atomic E-state index is -0.726. The van der Waals surface area contributed by atoms with E-state index in [0.717, 1.165) is 4.70 Å². The number of hydrogen-bond donors (Lipinski definition) is 0. The van der Waals surface area contributed by atoms with Crippen molar-refractivity contribution in [2.24, 2.45) is 4.99 Å². The number of rotatable bonds is 5. The second-order valence-electron chi connectivity index (χ2n) is 5.48. The van der Waals surface area contributed by atoms with Crippen LogP contribution in [0.2, 0.25) is 0 Å². The number of thiazole rings is 1. The lowest BCUT2D eigenvalue weighted by Gasteiger charge is -2.08. The van der Waals surface area contributed by atoms with Gasteiger partial charge in [0.25, 0.3) is 5.91 Å². The molecule has 140 valence electrons. The summed E-state index contributed by atoms with van der Waals surface area (Å²) in [5.74, 6) is -1.31. The molecular formula is C19H17FN2O4S. The van der Waals surface area contributed by atoms with Gasteiger partial charge < -0.3 is 14.0 Å². The minimum Gasteiger partial charge on any atom is -0.495 e. The fourth-order valence-electron chi connectivity index (χ4n) is 2.61. The Morgan fingerprint density at radius 3 is 2.67 bits per heavy atom. The molecular weight excluding hydrogens is 371 g/mol. The molecule has 0 N–H and O–H groups in total. The maximum atomic E-state index is 13.9. The van der Waals surface area contributed by atoms with Gasteiger partial charge in [0.15, 0.2) is 4.80 Å². The van der Waals surface area contributed by atoms with Crippen LogP contribution in [0.15, 0.2) is 47.5 Å². The molecule has 1 amide bonds. The van der Waals surface area contributed by atoms with Crippen molar-refractivity contribution in [3.8, 4) is 5.75 Å². The van der Waals surface area contributed by atoms with Gasteiger partial charge in [0.05, 0.1) is 24.0 Å². The van der Waals surface area contributed by atoms with Crippen LogP contribution in [0.5, 0.6) is 5.75 Å². The van der Waals surface area contributed by atoms with Crippen LogP contribution in [0.1, 0.15) is 17.3 Å². The number of hydrogen-bond acceptors (Lipinski definition) is 5. The molecule has 0 saturated carbocycles. The third-order valence-electron chi connectivity index (χ3n) is 3.78. The molecule has 0 spiro atoms. The Kier molecular flexibility index (Phi) is 5.66. The van der Waals surface area contributed by atoms with Gasteiger partial charge in [-0.05, 0) is 31.2 Å². The number of ether oxygens (including phenoxy) is 2. The number of esters is 1. The first-order valence-electron chi connectivity index (χ1n) is 8.20. The third kappa shape index (κ3) is 3.90. The molecule has 0 aliphatic carbocycles. The molecule has 1 heterocycles. The highest BCUT2D eigenvalue weighted by atomic mass is 32.1. The molecule has 0 fully saturated rings. The minimum absolute atomic E-state index is 0.135. The first-order valence-corrected chi connectivity index (χ1v) is 9.02. The average Bonchev–Trinajstić information content (AvgIpc) is 2.99. The number of carbonyl (C=O) groups is 2. The molecule has 0 aliphatic rings. The van der Waals surface area contributed by atoms with Crippen LogP contribution in [0.4, 0.5) is 4.39 Å². The summed E-state index contributed by atoms with van der Waals surface area (Å²) in [6.45, 7) is 1.80. The van der Waals surface area contributed by atoms with E-state index in [4.69, 9.17) is 9.47 Å². The molecule has 3 aromatic rings. The number of nitrogens with zero attached hydrogens (tertiary/aromatic N) is 2. The van der Waals surface area contributed by atoms with Crippen molar-refractivity contribution in [3.05, 3.63) is 58.6 Å². The number of benzene rings is 2. The molecule has 0 atom stereocenters. The number of amides is 1. The van der Waals surface area contributed by atoms with Gasteiger partial charge in [-0.25, -0.2) is 4.39 Å². The van der Waals surface area contributed by atoms with Crippen molar-refractivity contribution in [2.75, 3.05) is 13.7 Å². The highest BCUT2D eigenvalue weighted by molar-refractivity contribution is 7.16. The SMILES string of the molecule is CCOC(=O)Cn1c(=NC(=O)c2ccccc2F)sc2cccc(OC)c21. The van der Waals surface area contributed by atoms with Crippen molar-refractivity contribution in [2.45, 2.75) is 13.5 Å². The Hall–Kier alpha value is -3.00. The van der Waals surface area contributed by atoms with Crippen LogP contribution in [0.25, 0.3) is 10.2 Å². The lowest BCUT2D eigenvalue weighted by atomic mass is 10.2. The number of methoxy groups -OCH3 is 1. The monoisotopic (exact) mass is 388 g/mol. The van der Waals surface area contributed by atoms with E-state index < -0.39 is 17.7 Å². The van der Waals surface area contributed by atoms with Gasteiger partial charge in [-0.1, -0.05) is 29.5 Å². The predicted molar refractivity (Wildman–Crippen MR) is 99.3 cm³/mol. The van der Waals surface area contributed by atoms with Crippen molar-refractivity contribution in [1.82, 2.24) is 4.57 Å². The Labute approximate surface area is 158 Å². The number of fused-ring (bicyclic) bond motifs is 1. The summed E-state index contributed by atoms with van der Waals surface area (Å²) in [5, 5.41) is 0. The molecule has 0 saturated heterocycles. The van der Waals surface area contributed by atoms with E-state index in [0.29, 0.717) is 11.3 Å². The van der Waals surface area contributed by atoms with Gasteiger partial charge in [-0.15, -0.1) is 0 Å². The van der Waals surface area contributed by atoms with Gasteiger partial charge in [0, 0.05) is 0 Å².